The first-order chi connectivity index (χ1) is 13.4. The SMILES string of the molecule is Cc1ccc2c(c1)N(C(=O)Cn1c(=O)n(C(C)C)c(=O)c3nscc31)CCO2. The molecule has 146 valence electrons. The van der Waals surface area contributed by atoms with E-state index in [1.807, 2.05) is 25.1 Å². The third-order valence-electron chi connectivity index (χ3n) is 4.79. The summed E-state index contributed by atoms with van der Waals surface area (Å²) in [6, 6.07) is 5.33. The van der Waals surface area contributed by atoms with Gasteiger partial charge < -0.3 is 9.64 Å². The highest BCUT2D eigenvalue weighted by molar-refractivity contribution is 7.04. The lowest BCUT2D eigenvalue weighted by Crippen LogP contribution is -2.45. The van der Waals surface area contributed by atoms with E-state index in [1.165, 1.54) is 4.57 Å². The van der Waals surface area contributed by atoms with Crippen LogP contribution in [0.15, 0.2) is 33.2 Å². The van der Waals surface area contributed by atoms with Crippen molar-refractivity contribution in [3.05, 3.63) is 50.0 Å². The molecule has 0 saturated heterocycles. The minimum Gasteiger partial charge on any atom is -0.490 e. The van der Waals surface area contributed by atoms with Crippen molar-refractivity contribution in [1.82, 2.24) is 13.5 Å². The standard InChI is InChI=1S/C19H20N4O4S/c1-11(2)23-18(25)17-14(10-28-20-17)22(19(23)26)9-16(24)21-6-7-27-15-5-4-12(3)8-13(15)21/h4-5,8,10-11H,6-7,9H2,1-3H3. The van der Waals surface area contributed by atoms with Gasteiger partial charge in [-0.25, -0.2) is 4.79 Å². The number of hydrogen-bond acceptors (Lipinski definition) is 6. The summed E-state index contributed by atoms with van der Waals surface area (Å²) in [5, 5.41) is 1.63. The van der Waals surface area contributed by atoms with E-state index < -0.39 is 11.2 Å². The summed E-state index contributed by atoms with van der Waals surface area (Å²) in [6.45, 7) is 6.08. The van der Waals surface area contributed by atoms with E-state index in [4.69, 9.17) is 4.74 Å². The van der Waals surface area contributed by atoms with Gasteiger partial charge in [0.05, 0.1) is 17.7 Å². The van der Waals surface area contributed by atoms with Gasteiger partial charge in [-0.05, 0) is 50.0 Å². The Morgan fingerprint density at radius 1 is 1.32 bits per heavy atom. The van der Waals surface area contributed by atoms with E-state index in [1.54, 1.807) is 24.1 Å². The number of hydrogen-bond donors (Lipinski definition) is 0. The molecule has 3 heterocycles. The number of anilines is 1. The van der Waals surface area contributed by atoms with E-state index in [0.29, 0.717) is 30.1 Å². The van der Waals surface area contributed by atoms with Crippen LogP contribution in [0.2, 0.25) is 0 Å². The van der Waals surface area contributed by atoms with Crippen LogP contribution in [0.3, 0.4) is 0 Å². The van der Waals surface area contributed by atoms with Gasteiger partial charge in [-0.1, -0.05) is 6.07 Å². The number of carbonyl (C=O) groups excluding carboxylic acids is 1. The second-order valence-electron chi connectivity index (χ2n) is 7.05. The summed E-state index contributed by atoms with van der Waals surface area (Å²) in [5.41, 5.74) is 1.39. The first-order valence-electron chi connectivity index (χ1n) is 9.01. The van der Waals surface area contributed by atoms with Crippen LogP contribution in [-0.2, 0) is 11.3 Å². The van der Waals surface area contributed by atoms with Gasteiger partial charge in [0.2, 0.25) is 5.91 Å². The second kappa shape index (κ2) is 6.90. The summed E-state index contributed by atoms with van der Waals surface area (Å²) in [6.07, 6.45) is 0. The minimum absolute atomic E-state index is 0.172. The molecule has 2 aromatic heterocycles. The van der Waals surface area contributed by atoms with Crippen LogP contribution in [0, 0.1) is 6.92 Å². The highest BCUT2D eigenvalue weighted by atomic mass is 32.1. The van der Waals surface area contributed by atoms with Crippen molar-refractivity contribution in [3.8, 4) is 5.75 Å². The molecule has 3 aromatic rings. The first kappa shape index (κ1) is 18.4. The monoisotopic (exact) mass is 400 g/mol. The Hall–Kier alpha value is -2.94. The maximum atomic E-state index is 13.1. The van der Waals surface area contributed by atoms with Crippen molar-refractivity contribution in [2.75, 3.05) is 18.1 Å². The van der Waals surface area contributed by atoms with Gasteiger partial charge in [0, 0.05) is 11.4 Å². The summed E-state index contributed by atoms with van der Waals surface area (Å²) >= 11 is 1.10. The number of fused-ring (bicyclic) bond motifs is 2. The summed E-state index contributed by atoms with van der Waals surface area (Å²) < 4.78 is 12.3. The van der Waals surface area contributed by atoms with E-state index in [2.05, 4.69) is 4.37 Å². The molecule has 0 fully saturated rings. The molecule has 0 N–H and O–H groups in total. The molecule has 1 amide bonds. The zero-order chi connectivity index (χ0) is 20.0. The highest BCUT2D eigenvalue weighted by Gasteiger charge is 2.26. The van der Waals surface area contributed by atoms with E-state index in [9.17, 15) is 14.4 Å². The minimum atomic E-state index is -0.501. The molecule has 1 aromatic carbocycles. The zero-order valence-electron chi connectivity index (χ0n) is 15.8. The molecule has 1 aliphatic heterocycles. The number of nitrogens with zero attached hydrogens (tertiary/aromatic N) is 4. The molecule has 8 nitrogen and oxygen atoms in total. The maximum absolute atomic E-state index is 13.1. The van der Waals surface area contributed by atoms with Crippen molar-refractivity contribution in [3.63, 3.8) is 0 Å². The molecule has 0 atom stereocenters. The molecule has 28 heavy (non-hydrogen) atoms. The van der Waals surface area contributed by atoms with Crippen LogP contribution in [0.4, 0.5) is 5.69 Å². The van der Waals surface area contributed by atoms with Gasteiger partial charge in [-0.2, -0.15) is 4.37 Å². The molecule has 0 saturated carbocycles. The molecule has 4 rings (SSSR count). The van der Waals surface area contributed by atoms with Crippen LogP contribution in [0.25, 0.3) is 11.0 Å². The normalized spacial score (nSPS) is 13.6. The lowest BCUT2D eigenvalue weighted by Gasteiger charge is -2.30. The Bertz CT molecular complexity index is 1190. The number of aryl methyl sites for hydroxylation is 1. The lowest BCUT2D eigenvalue weighted by molar-refractivity contribution is -0.119. The fourth-order valence-corrected chi connectivity index (χ4v) is 4.09. The smallest absolute Gasteiger partial charge is 0.332 e. The van der Waals surface area contributed by atoms with Crippen LogP contribution < -0.4 is 20.9 Å². The fourth-order valence-electron chi connectivity index (χ4n) is 3.42. The van der Waals surface area contributed by atoms with Crippen LogP contribution in [-0.4, -0.2) is 32.6 Å². The summed E-state index contributed by atoms with van der Waals surface area (Å²) in [7, 11) is 0. The predicted octanol–water partition coefficient (Wildman–Crippen LogP) is 1.93. The predicted molar refractivity (Wildman–Crippen MR) is 108 cm³/mol. The Balaban J connectivity index is 1.79. The number of ether oxygens (including phenoxy) is 1. The summed E-state index contributed by atoms with van der Waals surface area (Å²) in [4.78, 5) is 40.3. The van der Waals surface area contributed by atoms with E-state index in [-0.39, 0.29) is 24.0 Å². The van der Waals surface area contributed by atoms with Gasteiger partial charge in [-0.3, -0.25) is 18.7 Å². The third kappa shape index (κ3) is 2.91. The second-order valence-corrected chi connectivity index (χ2v) is 7.68. The maximum Gasteiger partial charge on any atom is 0.332 e. The molecule has 9 heteroatoms. The molecular weight excluding hydrogens is 380 g/mol. The number of benzene rings is 1. The zero-order valence-corrected chi connectivity index (χ0v) is 16.7. The quantitative estimate of drug-likeness (QED) is 0.671. The Labute approximate surface area is 164 Å². The fraction of sp³-hybridized carbons (Fsp3) is 0.368. The van der Waals surface area contributed by atoms with Crippen molar-refractivity contribution in [1.29, 1.82) is 0 Å². The Kier molecular flexibility index (Phi) is 4.54. The molecule has 0 radical (unpaired) electrons. The topological polar surface area (TPSA) is 86.4 Å². The van der Waals surface area contributed by atoms with Crippen molar-refractivity contribution < 1.29 is 9.53 Å². The van der Waals surface area contributed by atoms with Gasteiger partial charge in [0.15, 0.2) is 5.52 Å². The van der Waals surface area contributed by atoms with Crippen molar-refractivity contribution >= 4 is 34.2 Å². The summed E-state index contributed by atoms with van der Waals surface area (Å²) in [5.74, 6) is 0.408. The molecule has 0 aliphatic carbocycles. The molecule has 1 aliphatic rings. The number of carbonyl (C=O) groups is 1. The number of amides is 1. The average molecular weight is 400 g/mol. The van der Waals surface area contributed by atoms with E-state index in [0.717, 1.165) is 21.7 Å². The molecular formula is C19H20N4O4S. The largest absolute Gasteiger partial charge is 0.490 e. The number of rotatable bonds is 3. The first-order valence-corrected chi connectivity index (χ1v) is 9.85. The average Bonchev–Trinajstić information content (AvgIpc) is 3.14. The lowest BCUT2D eigenvalue weighted by atomic mass is 10.1. The number of aromatic nitrogens is 3. The highest BCUT2D eigenvalue weighted by Crippen LogP contribution is 2.32. The van der Waals surface area contributed by atoms with E-state index >= 15 is 0 Å². The van der Waals surface area contributed by atoms with Crippen LogP contribution in [0.1, 0.15) is 25.5 Å². The Morgan fingerprint density at radius 3 is 2.86 bits per heavy atom. The van der Waals surface area contributed by atoms with Crippen LogP contribution in [0.5, 0.6) is 5.75 Å². The van der Waals surface area contributed by atoms with Gasteiger partial charge in [0.25, 0.3) is 5.56 Å². The van der Waals surface area contributed by atoms with Gasteiger partial charge in [0.1, 0.15) is 18.9 Å². The van der Waals surface area contributed by atoms with Gasteiger partial charge >= 0.3 is 5.69 Å². The molecule has 0 bridgehead atoms. The van der Waals surface area contributed by atoms with Crippen molar-refractivity contribution in [2.24, 2.45) is 0 Å². The molecule has 0 spiro atoms. The Morgan fingerprint density at radius 2 is 2.11 bits per heavy atom. The third-order valence-corrected chi connectivity index (χ3v) is 5.41. The van der Waals surface area contributed by atoms with Crippen LogP contribution >= 0.6 is 11.5 Å². The molecule has 0 unspecified atom stereocenters. The van der Waals surface area contributed by atoms with Crippen molar-refractivity contribution in [2.45, 2.75) is 33.4 Å². The van der Waals surface area contributed by atoms with Gasteiger partial charge in [-0.15, -0.1) is 0 Å².